The van der Waals surface area contributed by atoms with Crippen LogP contribution in [-0.2, 0) is 6.18 Å². The van der Waals surface area contributed by atoms with Crippen LogP contribution in [0.15, 0.2) is 6.07 Å². The van der Waals surface area contributed by atoms with Gasteiger partial charge in [-0.1, -0.05) is 11.6 Å². The third kappa shape index (κ3) is 4.37. The monoisotopic (exact) mass is 312 g/mol. The fourth-order valence-corrected chi connectivity index (χ4v) is 1.00. The van der Waals surface area contributed by atoms with E-state index in [4.69, 9.17) is 11.6 Å². The fourth-order valence-electron chi connectivity index (χ4n) is 0.831. The van der Waals surface area contributed by atoms with Crippen molar-refractivity contribution in [2.45, 2.75) is 18.5 Å². The van der Waals surface area contributed by atoms with Crippen molar-refractivity contribution in [1.82, 2.24) is 9.97 Å². The zero-order valence-electron chi connectivity index (χ0n) is 8.69. The van der Waals surface area contributed by atoms with E-state index in [9.17, 15) is 30.7 Å². The number of hydrogen-bond acceptors (Lipinski definition) is 3. The van der Waals surface area contributed by atoms with E-state index in [0.717, 1.165) is 0 Å². The van der Waals surface area contributed by atoms with Crippen LogP contribution in [0.5, 0.6) is 5.88 Å². The second-order valence-corrected chi connectivity index (χ2v) is 3.59. The number of halogens is 8. The van der Waals surface area contributed by atoms with Crippen LogP contribution in [0, 0.1) is 0 Å². The van der Waals surface area contributed by atoms with E-state index in [1.54, 1.807) is 0 Å². The van der Waals surface area contributed by atoms with Gasteiger partial charge in [0.15, 0.2) is 6.61 Å². The van der Waals surface area contributed by atoms with E-state index < -0.39 is 42.0 Å². The minimum Gasteiger partial charge on any atom is -0.471 e. The number of hydrogen-bond donors (Lipinski definition) is 0. The molecule has 1 rings (SSSR count). The summed E-state index contributed by atoms with van der Waals surface area (Å²) < 4.78 is 89.4. The molecule has 0 bridgehead atoms. The predicted molar refractivity (Wildman–Crippen MR) is 48.5 cm³/mol. The molecule has 0 atom stereocenters. The largest absolute Gasteiger partial charge is 0.471 e. The van der Waals surface area contributed by atoms with Crippen LogP contribution in [0.25, 0.3) is 0 Å². The van der Waals surface area contributed by atoms with Gasteiger partial charge >= 0.3 is 18.5 Å². The van der Waals surface area contributed by atoms with Crippen LogP contribution < -0.4 is 4.74 Å². The lowest BCUT2D eigenvalue weighted by molar-refractivity contribution is -0.151. The first-order valence-corrected chi connectivity index (χ1v) is 4.81. The molecule has 108 valence electrons. The van der Waals surface area contributed by atoms with E-state index >= 15 is 0 Å². The van der Waals surface area contributed by atoms with Gasteiger partial charge in [0.25, 0.3) is 0 Å². The van der Waals surface area contributed by atoms with Crippen LogP contribution in [0.4, 0.5) is 30.7 Å². The van der Waals surface area contributed by atoms with Gasteiger partial charge in [0.05, 0.1) is 0 Å². The standard InChI is InChI=1S/C8H4ClF7N2O/c9-3-1-4(18-6(17-3)8(14,15)16)19-2-7(12,13)5(10)11/h1,5H,2H2. The van der Waals surface area contributed by atoms with Crippen molar-refractivity contribution in [3.63, 3.8) is 0 Å². The van der Waals surface area contributed by atoms with Crippen LogP contribution in [0.3, 0.4) is 0 Å². The lowest BCUT2D eigenvalue weighted by Crippen LogP contribution is -2.34. The van der Waals surface area contributed by atoms with Crippen LogP contribution in [0.1, 0.15) is 5.82 Å². The zero-order chi connectivity index (χ0) is 14.8. The Morgan fingerprint density at radius 1 is 1.16 bits per heavy atom. The van der Waals surface area contributed by atoms with Crippen molar-refractivity contribution in [2.75, 3.05) is 6.61 Å². The Labute approximate surface area is 106 Å². The molecular weight excluding hydrogens is 309 g/mol. The molecule has 19 heavy (non-hydrogen) atoms. The summed E-state index contributed by atoms with van der Waals surface area (Å²) in [5.41, 5.74) is 0. The Morgan fingerprint density at radius 2 is 1.74 bits per heavy atom. The Morgan fingerprint density at radius 3 is 2.21 bits per heavy atom. The molecule has 0 aliphatic carbocycles. The maximum Gasteiger partial charge on any atom is 0.451 e. The lowest BCUT2D eigenvalue weighted by atomic mass is 10.4. The quantitative estimate of drug-likeness (QED) is 0.631. The molecule has 0 unspecified atom stereocenters. The van der Waals surface area contributed by atoms with Crippen molar-refractivity contribution in [2.24, 2.45) is 0 Å². The average Bonchev–Trinajstić information content (AvgIpc) is 2.24. The molecular formula is C8H4ClF7N2O. The topological polar surface area (TPSA) is 35.0 Å². The molecule has 1 heterocycles. The highest BCUT2D eigenvalue weighted by Gasteiger charge is 2.42. The lowest BCUT2D eigenvalue weighted by Gasteiger charge is -2.16. The SMILES string of the molecule is FC(F)C(F)(F)COc1cc(Cl)nc(C(F)(F)F)n1. The number of rotatable bonds is 4. The van der Waals surface area contributed by atoms with E-state index in [1.165, 1.54) is 0 Å². The number of aromatic nitrogens is 2. The molecule has 0 aliphatic heterocycles. The van der Waals surface area contributed by atoms with Crippen LogP contribution in [0.2, 0.25) is 5.15 Å². The van der Waals surface area contributed by atoms with Gasteiger partial charge < -0.3 is 4.74 Å². The molecule has 11 heteroatoms. The summed E-state index contributed by atoms with van der Waals surface area (Å²) in [4.78, 5) is 5.54. The van der Waals surface area contributed by atoms with E-state index in [0.29, 0.717) is 6.07 Å². The van der Waals surface area contributed by atoms with Gasteiger partial charge in [-0.15, -0.1) is 0 Å². The van der Waals surface area contributed by atoms with Gasteiger partial charge in [0.1, 0.15) is 5.15 Å². The Balaban J connectivity index is 2.88. The van der Waals surface area contributed by atoms with Gasteiger partial charge in [0.2, 0.25) is 11.7 Å². The fraction of sp³-hybridized carbons (Fsp3) is 0.500. The Hall–Kier alpha value is -1.32. The molecule has 0 aliphatic rings. The smallest absolute Gasteiger partial charge is 0.451 e. The summed E-state index contributed by atoms with van der Waals surface area (Å²) in [5, 5.41) is -0.724. The van der Waals surface area contributed by atoms with Gasteiger partial charge in [-0.05, 0) is 0 Å². The first-order chi connectivity index (χ1) is 8.52. The molecule has 0 radical (unpaired) electrons. The molecule has 0 spiro atoms. The molecule has 0 N–H and O–H groups in total. The first kappa shape index (κ1) is 15.7. The Bertz CT molecular complexity index is 451. The molecule has 3 nitrogen and oxygen atoms in total. The van der Waals surface area contributed by atoms with E-state index in [2.05, 4.69) is 14.7 Å². The average molecular weight is 313 g/mol. The summed E-state index contributed by atoms with van der Waals surface area (Å²) in [7, 11) is 0. The third-order valence-corrected chi connectivity index (χ3v) is 1.85. The summed E-state index contributed by atoms with van der Waals surface area (Å²) in [5.74, 6) is -7.22. The highest BCUT2D eigenvalue weighted by atomic mass is 35.5. The summed E-state index contributed by atoms with van der Waals surface area (Å²) in [6, 6.07) is 0.596. The minimum atomic E-state index is -4.98. The van der Waals surface area contributed by atoms with Crippen molar-refractivity contribution in [1.29, 1.82) is 0 Å². The van der Waals surface area contributed by atoms with Crippen LogP contribution in [-0.4, -0.2) is 28.9 Å². The molecule has 0 saturated carbocycles. The molecule has 0 aromatic carbocycles. The van der Waals surface area contributed by atoms with Crippen molar-refractivity contribution in [3.05, 3.63) is 17.0 Å². The normalized spacial score (nSPS) is 12.9. The van der Waals surface area contributed by atoms with Gasteiger partial charge in [0, 0.05) is 6.07 Å². The van der Waals surface area contributed by atoms with E-state index in [1.807, 2.05) is 0 Å². The minimum absolute atomic E-state index is 0.596. The van der Waals surface area contributed by atoms with Gasteiger partial charge in [-0.25, -0.2) is 13.8 Å². The van der Waals surface area contributed by atoms with Gasteiger partial charge in [-0.3, -0.25) is 0 Å². The predicted octanol–water partition coefficient (Wildman–Crippen LogP) is 3.43. The second-order valence-electron chi connectivity index (χ2n) is 3.20. The van der Waals surface area contributed by atoms with E-state index in [-0.39, 0.29) is 0 Å². The molecule has 0 saturated heterocycles. The number of alkyl halides is 7. The molecule has 1 aromatic rings. The maximum atomic E-state index is 12.5. The van der Waals surface area contributed by atoms with Crippen molar-refractivity contribution >= 4 is 11.6 Å². The summed E-state index contributed by atoms with van der Waals surface area (Å²) in [6.07, 6.45) is -9.00. The highest BCUT2D eigenvalue weighted by molar-refractivity contribution is 6.29. The third-order valence-electron chi connectivity index (χ3n) is 1.66. The van der Waals surface area contributed by atoms with Crippen molar-refractivity contribution in [3.8, 4) is 5.88 Å². The van der Waals surface area contributed by atoms with Crippen LogP contribution >= 0.6 is 11.6 Å². The maximum absolute atomic E-state index is 12.5. The molecule has 0 amide bonds. The zero-order valence-corrected chi connectivity index (χ0v) is 9.44. The molecule has 0 fully saturated rings. The highest BCUT2D eigenvalue weighted by Crippen LogP contribution is 2.29. The number of ether oxygens (including phenoxy) is 1. The summed E-state index contributed by atoms with van der Waals surface area (Å²) in [6.45, 7) is -1.84. The van der Waals surface area contributed by atoms with Crippen molar-refractivity contribution < 1.29 is 35.5 Å². The molecule has 1 aromatic heterocycles. The summed E-state index contributed by atoms with van der Waals surface area (Å²) >= 11 is 5.20. The Kier molecular flexibility index (Phi) is 4.43. The second kappa shape index (κ2) is 5.35. The first-order valence-electron chi connectivity index (χ1n) is 4.43. The number of nitrogens with zero attached hydrogens (tertiary/aromatic N) is 2. The van der Waals surface area contributed by atoms with Gasteiger partial charge in [-0.2, -0.15) is 26.9 Å².